The maximum absolute atomic E-state index is 12.9. The van der Waals surface area contributed by atoms with Gasteiger partial charge in [-0.1, -0.05) is 26.5 Å². The van der Waals surface area contributed by atoms with Gasteiger partial charge in [-0.3, -0.25) is 9.59 Å². The molecule has 26 heavy (non-hydrogen) atoms. The lowest BCUT2D eigenvalue weighted by Gasteiger charge is -2.49. The molecule has 1 aliphatic heterocycles. The van der Waals surface area contributed by atoms with Gasteiger partial charge in [0, 0.05) is 17.4 Å². The summed E-state index contributed by atoms with van der Waals surface area (Å²) in [6.07, 6.45) is 3.62. The summed E-state index contributed by atoms with van der Waals surface area (Å²) in [4.78, 5) is 36.4. The van der Waals surface area contributed by atoms with E-state index in [0.29, 0.717) is 6.42 Å². The highest BCUT2D eigenvalue weighted by Gasteiger charge is 2.66. The second kappa shape index (κ2) is 6.05. The molecule has 2 fully saturated rings. The first-order valence-electron chi connectivity index (χ1n) is 9.11. The van der Waals surface area contributed by atoms with Crippen molar-refractivity contribution in [3.63, 3.8) is 0 Å². The van der Waals surface area contributed by atoms with Crippen molar-refractivity contribution in [3.8, 4) is 0 Å². The average Bonchev–Trinajstić information content (AvgIpc) is 2.87. The van der Waals surface area contributed by atoms with Crippen LogP contribution < -0.4 is 0 Å². The maximum atomic E-state index is 12.9. The zero-order valence-electron chi connectivity index (χ0n) is 15.4. The molecule has 0 aromatic carbocycles. The van der Waals surface area contributed by atoms with E-state index >= 15 is 0 Å². The van der Waals surface area contributed by atoms with Crippen molar-refractivity contribution in [2.24, 2.45) is 29.1 Å². The van der Waals surface area contributed by atoms with Crippen LogP contribution in [-0.4, -0.2) is 39.6 Å². The Morgan fingerprint density at radius 2 is 2.12 bits per heavy atom. The van der Waals surface area contributed by atoms with Gasteiger partial charge in [-0.25, -0.2) is 4.79 Å². The maximum Gasteiger partial charge on any atom is 0.334 e. The van der Waals surface area contributed by atoms with Crippen LogP contribution in [0.5, 0.6) is 0 Å². The van der Waals surface area contributed by atoms with Gasteiger partial charge in [-0.15, -0.1) is 0 Å². The molecule has 1 heterocycles. The lowest BCUT2D eigenvalue weighted by molar-refractivity contribution is -0.165. The van der Waals surface area contributed by atoms with Crippen LogP contribution in [0.3, 0.4) is 0 Å². The van der Waals surface area contributed by atoms with Crippen molar-refractivity contribution >= 4 is 17.7 Å². The van der Waals surface area contributed by atoms with Crippen molar-refractivity contribution in [1.82, 2.24) is 0 Å². The number of carbonyl (C=O) groups is 3. The number of carboxylic acid groups (broad SMARTS) is 1. The van der Waals surface area contributed by atoms with E-state index in [1.54, 1.807) is 19.9 Å². The highest BCUT2D eigenvalue weighted by molar-refractivity contribution is 5.99. The molecule has 2 bridgehead atoms. The molecule has 0 spiro atoms. The number of hydrogen-bond acceptors (Lipinski definition) is 5. The monoisotopic (exact) mass is 362 g/mol. The Bertz CT molecular complexity index is 709. The van der Waals surface area contributed by atoms with E-state index < -0.39 is 40.9 Å². The normalized spacial score (nSPS) is 42.8. The number of aliphatic carboxylic acids is 1. The highest BCUT2D eigenvalue weighted by atomic mass is 16.5. The molecule has 1 saturated carbocycles. The molecule has 142 valence electrons. The third-order valence-corrected chi connectivity index (χ3v) is 7.05. The molecule has 0 radical (unpaired) electrons. The van der Waals surface area contributed by atoms with E-state index in [1.165, 1.54) is 6.08 Å². The molecular formula is C20H26O6. The Balaban J connectivity index is 2.10. The second-order valence-corrected chi connectivity index (χ2v) is 8.27. The van der Waals surface area contributed by atoms with Crippen LogP contribution in [-0.2, 0) is 19.1 Å². The van der Waals surface area contributed by atoms with Gasteiger partial charge in [0.15, 0.2) is 5.78 Å². The molecular weight excluding hydrogens is 336 g/mol. The first-order valence-corrected chi connectivity index (χ1v) is 9.11. The largest absolute Gasteiger partial charge is 0.481 e. The molecule has 0 aromatic rings. The summed E-state index contributed by atoms with van der Waals surface area (Å²) in [6.45, 7) is 9.07. The molecule has 6 nitrogen and oxygen atoms in total. The number of esters is 1. The average molecular weight is 362 g/mol. The van der Waals surface area contributed by atoms with Gasteiger partial charge >= 0.3 is 11.9 Å². The van der Waals surface area contributed by atoms with E-state index in [2.05, 4.69) is 6.58 Å². The van der Waals surface area contributed by atoms with Crippen molar-refractivity contribution in [2.45, 2.75) is 51.7 Å². The fourth-order valence-electron chi connectivity index (χ4n) is 5.09. The zero-order chi connectivity index (χ0) is 19.4. The fourth-order valence-corrected chi connectivity index (χ4v) is 5.09. The molecule has 0 amide bonds. The first-order chi connectivity index (χ1) is 12.0. The number of ether oxygens (including phenoxy) is 1. The summed E-state index contributed by atoms with van der Waals surface area (Å²) < 4.78 is 5.52. The van der Waals surface area contributed by atoms with Crippen LogP contribution in [0.1, 0.15) is 40.0 Å². The van der Waals surface area contributed by atoms with Crippen LogP contribution in [0.4, 0.5) is 0 Å². The number of rotatable bonds is 4. The van der Waals surface area contributed by atoms with Gasteiger partial charge in [0.1, 0.15) is 6.10 Å². The minimum absolute atomic E-state index is 0.108. The Hall–Kier alpha value is -1.95. The number of carboxylic acids is 1. The van der Waals surface area contributed by atoms with E-state index in [9.17, 15) is 24.6 Å². The van der Waals surface area contributed by atoms with Gasteiger partial charge in [0.25, 0.3) is 0 Å². The van der Waals surface area contributed by atoms with Gasteiger partial charge < -0.3 is 14.9 Å². The van der Waals surface area contributed by atoms with Crippen LogP contribution in [0.15, 0.2) is 24.3 Å². The van der Waals surface area contributed by atoms with E-state index in [1.807, 2.05) is 6.92 Å². The van der Waals surface area contributed by atoms with Crippen molar-refractivity contribution in [1.29, 1.82) is 0 Å². The Kier molecular flexibility index (Phi) is 4.38. The molecule has 2 N–H and O–H groups in total. The Labute approximate surface area is 152 Å². The van der Waals surface area contributed by atoms with Crippen molar-refractivity contribution < 1.29 is 29.3 Å². The highest BCUT2D eigenvalue weighted by Crippen LogP contribution is 2.59. The third kappa shape index (κ3) is 2.38. The van der Waals surface area contributed by atoms with Crippen LogP contribution in [0, 0.1) is 29.1 Å². The molecule has 0 aromatic heterocycles. The standard InChI is InChI=1S/C20H26O6/c1-10(17(22)23)7-8-20(25)14-9-15(26-18(24)12(14)3)11(2)13-5-6-16(21)19(13,20)4/h5-6,10-11,13-15,25H,3,7-9H2,1-2,4H3,(H,22,23)/t10?,11-,13-,14-,15-,19-,20-/m0/s1. The lowest BCUT2D eigenvalue weighted by Crippen LogP contribution is -2.58. The van der Waals surface area contributed by atoms with Crippen LogP contribution in [0.2, 0.25) is 0 Å². The number of ketones is 1. The molecule has 3 rings (SSSR count). The SMILES string of the molecule is C=C1C(=O)O[C@H]2C[C@@H]1[C@@](O)(CCC(C)C(=O)O)[C@]1(C)C(=O)C=C[C@H]1[C@@H]2C. The fraction of sp³-hybridized carbons (Fsp3) is 0.650. The van der Waals surface area contributed by atoms with E-state index in [-0.39, 0.29) is 36.0 Å². The summed E-state index contributed by atoms with van der Waals surface area (Å²) >= 11 is 0. The summed E-state index contributed by atoms with van der Waals surface area (Å²) in [5, 5.41) is 21.1. The molecule has 6 heteroatoms. The molecule has 1 unspecified atom stereocenters. The van der Waals surface area contributed by atoms with E-state index in [4.69, 9.17) is 4.74 Å². The summed E-state index contributed by atoms with van der Waals surface area (Å²) in [5.41, 5.74) is -2.52. The zero-order valence-corrected chi connectivity index (χ0v) is 15.4. The second-order valence-electron chi connectivity index (χ2n) is 8.27. The summed E-state index contributed by atoms with van der Waals surface area (Å²) in [5.74, 6) is -3.38. The summed E-state index contributed by atoms with van der Waals surface area (Å²) in [6, 6.07) is 0. The molecule has 2 aliphatic carbocycles. The molecule has 1 saturated heterocycles. The Morgan fingerprint density at radius 3 is 2.73 bits per heavy atom. The van der Waals surface area contributed by atoms with Gasteiger partial charge in [0.05, 0.1) is 16.9 Å². The first kappa shape index (κ1) is 18.8. The smallest absolute Gasteiger partial charge is 0.334 e. The lowest BCUT2D eigenvalue weighted by atomic mass is 9.57. The topological polar surface area (TPSA) is 101 Å². The quantitative estimate of drug-likeness (QED) is 0.587. The summed E-state index contributed by atoms with van der Waals surface area (Å²) in [7, 11) is 0. The number of carbonyl (C=O) groups excluding carboxylic acids is 2. The number of hydrogen-bond donors (Lipinski definition) is 2. The van der Waals surface area contributed by atoms with Crippen LogP contribution >= 0.6 is 0 Å². The minimum atomic E-state index is -1.55. The number of fused-ring (bicyclic) bond motifs is 3. The van der Waals surface area contributed by atoms with Gasteiger partial charge in [-0.2, -0.15) is 0 Å². The van der Waals surface area contributed by atoms with Gasteiger partial charge in [0.2, 0.25) is 0 Å². The predicted octanol–water partition coefficient (Wildman–Crippen LogP) is 2.12. The van der Waals surface area contributed by atoms with Gasteiger partial charge in [-0.05, 0) is 38.2 Å². The predicted molar refractivity (Wildman–Crippen MR) is 93.0 cm³/mol. The number of aliphatic hydroxyl groups is 1. The van der Waals surface area contributed by atoms with E-state index in [0.717, 1.165) is 0 Å². The number of allylic oxidation sites excluding steroid dienone is 2. The Morgan fingerprint density at radius 1 is 1.46 bits per heavy atom. The van der Waals surface area contributed by atoms with Crippen LogP contribution in [0.25, 0.3) is 0 Å². The molecule has 7 atom stereocenters. The minimum Gasteiger partial charge on any atom is -0.481 e. The van der Waals surface area contributed by atoms with Crippen molar-refractivity contribution in [2.75, 3.05) is 0 Å². The third-order valence-electron chi connectivity index (χ3n) is 7.05. The molecule has 3 aliphatic rings. The van der Waals surface area contributed by atoms with Crippen molar-refractivity contribution in [3.05, 3.63) is 24.3 Å².